The van der Waals surface area contributed by atoms with E-state index < -0.39 is 0 Å². The van der Waals surface area contributed by atoms with Crippen LogP contribution in [0.1, 0.15) is 15.9 Å². The highest BCUT2D eigenvalue weighted by Crippen LogP contribution is 2.31. The molecule has 0 aliphatic rings. The topological polar surface area (TPSA) is 17.1 Å². The van der Waals surface area contributed by atoms with Crippen molar-refractivity contribution in [2.45, 2.75) is 6.92 Å². The monoisotopic (exact) mass is 245 g/mol. The maximum atomic E-state index is 11.1. The second-order valence-electron chi connectivity index (χ2n) is 4.59. The molecule has 0 heterocycles. The van der Waals surface area contributed by atoms with Crippen molar-refractivity contribution in [3.05, 3.63) is 71.8 Å². The molecule has 1 heteroatoms. The summed E-state index contributed by atoms with van der Waals surface area (Å²) < 4.78 is 0. The van der Waals surface area contributed by atoms with Gasteiger partial charge >= 0.3 is 0 Å². The third-order valence-electron chi connectivity index (χ3n) is 3.42. The average Bonchev–Trinajstić information content (AvgIpc) is 2.47. The third kappa shape index (κ3) is 1.93. The summed E-state index contributed by atoms with van der Waals surface area (Å²) in [6, 6.07) is 21.2. The van der Waals surface area contributed by atoms with Crippen LogP contribution in [-0.2, 0) is 0 Å². The van der Waals surface area contributed by atoms with Crippen molar-refractivity contribution in [1.29, 1.82) is 0 Å². The molecule has 0 unspecified atom stereocenters. The van der Waals surface area contributed by atoms with Gasteiger partial charge in [0, 0.05) is 5.56 Å². The zero-order valence-electron chi connectivity index (χ0n) is 10.7. The molecule has 0 aliphatic heterocycles. The Balaban J connectivity index is 2.38. The highest BCUT2D eigenvalue weighted by Gasteiger charge is 2.08. The van der Waals surface area contributed by atoms with Crippen molar-refractivity contribution in [3.8, 4) is 11.1 Å². The second-order valence-corrected chi connectivity index (χ2v) is 4.59. The summed E-state index contributed by atoms with van der Waals surface area (Å²) in [7, 11) is 0. The van der Waals surface area contributed by atoms with E-state index in [1.807, 2.05) is 42.5 Å². The molecule has 0 aromatic heterocycles. The van der Waals surface area contributed by atoms with Gasteiger partial charge < -0.3 is 0 Å². The number of carbonyl (C=O) groups excluding carboxylic acids is 1. The lowest BCUT2D eigenvalue weighted by Gasteiger charge is -2.10. The Kier molecular flexibility index (Phi) is 2.88. The largest absolute Gasteiger partial charge is 0.298 e. The van der Waals surface area contributed by atoms with Crippen LogP contribution in [0.25, 0.3) is 21.9 Å². The molecule has 0 fully saturated rings. The summed E-state index contributed by atoms with van der Waals surface area (Å²) in [5.74, 6) is 0. The second kappa shape index (κ2) is 4.69. The van der Waals surface area contributed by atoms with Crippen LogP contribution < -0.4 is 0 Å². The van der Waals surface area contributed by atoms with Crippen LogP contribution >= 0.6 is 0 Å². The molecule has 0 amide bonds. The van der Waals surface area contributed by atoms with E-state index in [-0.39, 0.29) is 0 Å². The van der Waals surface area contributed by atoms with Crippen LogP contribution in [0.5, 0.6) is 0 Å². The Morgan fingerprint density at radius 3 is 2.47 bits per heavy atom. The number of carbonyl (C=O) groups is 1. The molecule has 0 saturated heterocycles. The quantitative estimate of drug-likeness (QED) is 0.610. The summed E-state index contributed by atoms with van der Waals surface area (Å²) in [5.41, 5.74) is 4.13. The fourth-order valence-electron chi connectivity index (χ4n) is 2.45. The van der Waals surface area contributed by atoms with E-state index in [1.165, 1.54) is 5.56 Å². The molecule has 0 aliphatic carbocycles. The SMILES string of the molecule is Cc1ccc[c]c1-c1ccc(C=O)c2ccccc12. The minimum absolute atomic E-state index is 0.730. The fourth-order valence-corrected chi connectivity index (χ4v) is 2.45. The molecule has 1 radical (unpaired) electrons. The van der Waals surface area contributed by atoms with Gasteiger partial charge in [-0.25, -0.2) is 0 Å². The molecule has 0 bridgehead atoms. The summed E-state index contributed by atoms with van der Waals surface area (Å²) in [4.78, 5) is 11.1. The van der Waals surface area contributed by atoms with E-state index in [4.69, 9.17) is 0 Å². The number of aryl methyl sites for hydroxylation is 1. The lowest BCUT2D eigenvalue weighted by molar-refractivity contribution is 0.112. The number of fused-ring (bicyclic) bond motifs is 1. The molecular formula is C18H13O. The molecular weight excluding hydrogens is 232 g/mol. The summed E-state index contributed by atoms with van der Waals surface area (Å²) in [5, 5.41) is 2.09. The molecule has 0 saturated carbocycles. The zero-order chi connectivity index (χ0) is 13.2. The molecule has 1 nitrogen and oxygen atoms in total. The Morgan fingerprint density at radius 1 is 0.947 bits per heavy atom. The van der Waals surface area contributed by atoms with E-state index >= 15 is 0 Å². The van der Waals surface area contributed by atoms with E-state index in [0.717, 1.165) is 33.7 Å². The molecule has 3 aromatic carbocycles. The third-order valence-corrected chi connectivity index (χ3v) is 3.42. The Hall–Kier alpha value is -2.41. The van der Waals surface area contributed by atoms with E-state index in [1.54, 1.807) is 0 Å². The number of hydrogen-bond acceptors (Lipinski definition) is 1. The standard InChI is InChI=1S/C18H13O/c1-13-6-2-3-7-15(13)18-11-10-14(12-19)16-8-4-5-9-17(16)18/h2-6,8-12H,1H3. The van der Waals surface area contributed by atoms with Gasteiger partial charge in [0.15, 0.2) is 6.29 Å². The van der Waals surface area contributed by atoms with Gasteiger partial charge in [-0.15, -0.1) is 0 Å². The van der Waals surface area contributed by atoms with Crippen molar-refractivity contribution < 1.29 is 4.79 Å². The molecule has 3 rings (SSSR count). The summed E-state index contributed by atoms with van der Waals surface area (Å²) >= 11 is 0. The van der Waals surface area contributed by atoms with Gasteiger partial charge in [-0.05, 0) is 40.5 Å². The van der Waals surface area contributed by atoms with Crippen molar-refractivity contribution in [2.24, 2.45) is 0 Å². The Labute approximate surface area is 112 Å². The minimum atomic E-state index is 0.730. The lowest BCUT2D eigenvalue weighted by atomic mass is 9.93. The van der Waals surface area contributed by atoms with Crippen molar-refractivity contribution in [2.75, 3.05) is 0 Å². The van der Waals surface area contributed by atoms with Crippen LogP contribution in [0.4, 0.5) is 0 Å². The maximum Gasteiger partial charge on any atom is 0.150 e. The van der Waals surface area contributed by atoms with Gasteiger partial charge in [-0.1, -0.05) is 54.6 Å². The van der Waals surface area contributed by atoms with Gasteiger partial charge in [0.05, 0.1) is 0 Å². The average molecular weight is 245 g/mol. The summed E-state index contributed by atoms with van der Waals surface area (Å²) in [6.45, 7) is 2.08. The number of benzene rings is 3. The van der Waals surface area contributed by atoms with Gasteiger partial charge in [0.25, 0.3) is 0 Å². The molecule has 0 atom stereocenters. The van der Waals surface area contributed by atoms with Crippen LogP contribution in [-0.4, -0.2) is 6.29 Å². The first-order valence-electron chi connectivity index (χ1n) is 6.26. The van der Waals surface area contributed by atoms with Gasteiger partial charge in [-0.2, -0.15) is 0 Å². The highest BCUT2D eigenvalue weighted by atomic mass is 16.1. The minimum Gasteiger partial charge on any atom is -0.298 e. The highest BCUT2D eigenvalue weighted by molar-refractivity contribution is 6.05. The van der Waals surface area contributed by atoms with Crippen LogP contribution in [0.15, 0.2) is 54.6 Å². The predicted octanol–water partition coefficient (Wildman–Crippen LogP) is 4.43. The van der Waals surface area contributed by atoms with Gasteiger partial charge in [0.1, 0.15) is 0 Å². The van der Waals surface area contributed by atoms with Crippen LogP contribution in [0.3, 0.4) is 0 Å². The maximum absolute atomic E-state index is 11.1. The number of hydrogen-bond donors (Lipinski definition) is 0. The van der Waals surface area contributed by atoms with E-state index in [0.29, 0.717) is 0 Å². The van der Waals surface area contributed by atoms with Crippen molar-refractivity contribution >= 4 is 17.1 Å². The molecule has 0 spiro atoms. The Morgan fingerprint density at radius 2 is 1.74 bits per heavy atom. The first-order chi connectivity index (χ1) is 9.31. The smallest absolute Gasteiger partial charge is 0.150 e. The first kappa shape index (κ1) is 11.7. The summed E-state index contributed by atoms with van der Waals surface area (Å²) in [6.07, 6.45) is 0.910. The Bertz CT molecular complexity index is 756. The molecule has 19 heavy (non-hydrogen) atoms. The number of aldehydes is 1. The predicted molar refractivity (Wildman–Crippen MR) is 78.3 cm³/mol. The molecule has 3 aromatic rings. The van der Waals surface area contributed by atoms with Crippen LogP contribution in [0, 0.1) is 13.0 Å². The lowest BCUT2D eigenvalue weighted by Crippen LogP contribution is -1.89. The normalized spacial score (nSPS) is 10.6. The zero-order valence-corrected chi connectivity index (χ0v) is 10.7. The first-order valence-corrected chi connectivity index (χ1v) is 6.26. The van der Waals surface area contributed by atoms with Crippen molar-refractivity contribution in [1.82, 2.24) is 0 Å². The van der Waals surface area contributed by atoms with E-state index in [9.17, 15) is 4.79 Å². The van der Waals surface area contributed by atoms with E-state index in [2.05, 4.69) is 25.1 Å². The van der Waals surface area contributed by atoms with Crippen LogP contribution in [0.2, 0.25) is 0 Å². The van der Waals surface area contributed by atoms with Gasteiger partial charge in [0.2, 0.25) is 0 Å². The van der Waals surface area contributed by atoms with Crippen molar-refractivity contribution in [3.63, 3.8) is 0 Å². The molecule has 91 valence electrons. The molecule has 0 N–H and O–H groups in total. The fraction of sp³-hybridized carbons (Fsp3) is 0.0556. The number of rotatable bonds is 2. The van der Waals surface area contributed by atoms with Gasteiger partial charge in [-0.3, -0.25) is 4.79 Å².